The summed E-state index contributed by atoms with van der Waals surface area (Å²) in [7, 11) is 0. The highest BCUT2D eigenvalue weighted by Crippen LogP contribution is 2.51. The number of hydrogen-bond donors (Lipinski definition) is 1. The fraction of sp³-hybridized carbons (Fsp3) is 0.562. The number of fused-ring (bicyclic) bond motifs is 3. The molecule has 1 amide bonds. The van der Waals surface area contributed by atoms with Crippen molar-refractivity contribution in [2.45, 2.75) is 31.5 Å². The van der Waals surface area contributed by atoms with E-state index < -0.39 is 17.6 Å². The van der Waals surface area contributed by atoms with Crippen LogP contribution in [-0.4, -0.2) is 30.4 Å². The minimum absolute atomic E-state index is 0.127. The molecular weight excluding hydrogens is 293 g/mol. The molecule has 2 heterocycles. The number of nitrogens with one attached hydrogen (secondary N) is 1. The van der Waals surface area contributed by atoms with Crippen LogP contribution < -0.4 is 5.32 Å². The summed E-state index contributed by atoms with van der Waals surface area (Å²) in [4.78, 5) is 14.0. The second kappa shape index (κ2) is 4.47. The molecule has 2 fully saturated rings. The number of halogens is 3. The third kappa shape index (κ3) is 1.96. The van der Waals surface area contributed by atoms with Gasteiger partial charge in [0.25, 0.3) is 5.91 Å². The minimum Gasteiger partial charge on any atom is -0.329 e. The molecule has 0 spiro atoms. The Morgan fingerprint density at radius 3 is 2.68 bits per heavy atom. The van der Waals surface area contributed by atoms with Gasteiger partial charge in [-0.1, -0.05) is 13.0 Å². The molecule has 0 aromatic heterocycles. The fourth-order valence-corrected chi connectivity index (χ4v) is 3.78. The summed E-state index contributed by atoms with van der Waals surface area (Å²) in [6.45, 7) is 3.67. The molecule has 1 N–H and O–H groups in total. The number of amides is 1. The number of rotatable bonds is 1. The van der Waals surface area contributed by atoms with Gasteiger partial charge in [-0.05, 0) is 35.4 Å². The van der Waals surface area contributed by atoms with Gasteiger partial charge < -0.3 is 10.2 Å². The van der Waals surface area contributed by atoms with Gasteiger partial charge in [0.15, 0.2) is 0 Å². The molecule has 1 saturated carbocycles. The van der Waals surface area contributed by atoms with Crippen LogP contribution in [0.15, 0.2) is 12.1 Å². The van der Waals surface area contributed by atoms with E-state index in [0.29, 0.717) is 31.1 Å². The first-order chi connectivity index (χ1) is 10.4. The van der Waals surface area contributed by atoms with Crippen LogP contribution in [0.4, 0.5) is 13.2 Å². The van der Waals surface area contributed by atoms with Crippen molar-refractivity contribution in [1.29, 1.82) is 0 Å². The van der Waals surface area contributed by atoms with Gasteiger partial charge in [-0.15, -0.1) is 0 Å². The van der Waals surface area contributed by atoms with Crippen molar-refractivity contribution < 1.29 is 18.0 Å². The first kappa shape index (κ1) is 14.1. The third-order valence-corrected chi connectivity index (χ3v) is 5.11. The smallest absolute Gasteiger partial charge is 0.329 e. The lowest BCUT2D eigenvalue weighted by atomic mass is 9.93. The Labute approximate surface area is 126 Å². The van der Waals surface area contributed by atoms with Crippen molar-refractivity contribution in [2.75, 3.05) is 19.6 Å². The van der Waals surface area contributed by atoms with Crippen LogP contribution >= 0.6 is 0 Å². The molecule has 3 nitrogen and oxygen atoms in total. The zero-order valence-electron chi connectivity index (χ0n) is 12.2. The summed E-state index contributed by atoms with van der Waals surface area (Å²) in [6.07, 6.45) is -3.56. The molecule has 22 heavy (non-hydrogen) atoms. The molecular formula is C16H17F3N2O. The number of piperazine rings is 1. The molecule has 2 aliphatic heterocycles. The highest BCUT2D eigenvalue weighted by Gasteiger charge is 2.47. The van der Waals surface area contributed by atoms with Gasteiger partial charge in [0.2, 0.25) is 0 Å². The predicted octanol–water partition coefficient (Wildman–Crippen LogP) is 2.93. The van der Waals surface area contributed by atoms with E-state index in [1.165, 1.54) is 6.07 Å². The lowest BCUT2D eigenvalue weighted by molar-refractivity contribution is -0.138. The Hall–Kier alpha value is -1.56. The second-order valence-electron chi connectivity index (χ2n) is 6.57. The summed E-state index contributed by atoms with van der Waals surface area (Å²) >= 11 is 0. The molecule has 1 aromatic rings. The van der Waals surface area contributed by atoms with Crippen molar-refractivity contribution >= 4 is 5.91 Å². The monoisotopic (exact) mass is 310 g/mol. The first-order valence-corrected chi connectivity index (χ1v) is 7.64. The lowest BCUT2D eigenvalue weighted by Gasteiger charge is -2.30. The van der Waals surface area contributed by atoms with E-state index in [1.807, 2.05) is 13.0 Å². The normalized spacial score (nSPS) is 30.3. The van der Waals surface area contributed by atoms with E-state index in [-0.39, 0.29) is 17.5 Å². The van der Waals surface area contributed by atoms with E-state index in [0.717, 1.165) is 12.0 Å². The van der Waals surface area contributed by atoms with Gasteiger partial charge in [-0.2, -0.15) is 13.2 Å². The summed E-state index contributed by atoms with van der Waals surface area (Å²) in [5, 5.41) is 3.17. The van der Waals surface area contributed by atoms with E-state index >= 15 is 0 Å². The number of benzene rings is 1. The Balaban J connectivity index is 1.89. The highest BCUT2D eigenvalue weighted by atomic mass is 19.4. The quantitative estimate of drug-likeness (QED) is 0.865. The second-order valence-corrected chi connectivity index (χ2v) is 6.57. The van der Waals surface area contributed by atoms with E-state index in [1.54, 1.807) is 4.90 Å². The average molecular weight is 310 g/mol. The maximum Gasteiger partial charge on any atom is 0.417 e. The predicted molar refractivity (Wildman–Crippen MR) is 74.6 cm³/mol. The maximum absolute atomic E-state index is 13.5. The van der Waals surface area contributed by atoms with E-state index in [9.17, 15) is 18.0 Å². The number of nitrogens with zero attached hydrogens (tertiary/aromatic N) is 1. The van der Waals surface area contributed by atoms with E-state index in [2.05, 4.69) is 5.32 Å². The first-order valence-electron chi connectivity index (χ1n) is 7.64. The third-order valence-electron chi connectivity index (χ3n) is 5.11. The van der Waals surface area contributed by atoms with Crippen molar-refractivity contribution in [3.8, 4) is 0 Å². The summed E-state index contributed by atoms with van der Waals surface area (Å²) in [6, 6.07) is 2.79. The molecule has 3 aliphatic rings. The van der Waals surface area contributed by atoms with Crippen LogP contribution in [0.2, 0.25) is 0 Å². The van der Waals surface area contributed by atoms with Gasteiger partial charge in [-0.25, -0.2) is 0 Å². The Morgan fingerprint density at radius 2 is 2.05 bits per heavy atom. The van der Waals surface area contributed by atoms with Crippen molar-refractivity contribution in [3.05, 3.63) is 34.4 Å². The zero-order valence-corrected chi connectivity index (χ0v) is 12.2. The number of carbonyl (C=O) groups is 1. The molecule has 1 aromatic carbocycles. The van der Waals surface area contributed by atoms with Crippen LogP contribution in [0.5, 0.6) is 0 Å². The van der Waals surface area contributed by atoms with Crippen molar-refractivity contribution in [3.63, 3.8) is 0 Å². The summed E-state index contributed by atoms with van der Waals surface area (Å²) < 4.78 is 40.4. The minimum atomic E-state index is -4.49. The zero-order chi connectivity index (χ0) is 15.6. The Morgan fingerprint density at radius 1 is 1.32 bits per heavy atom. The molecule has 6 heteroatoms. The average Bonchev–Trinajstić information content (AvgIpc) is 3.14. The molecule has 4 rings (SSSR count). The SMILES string of the molecule is CC1C[C@H]1c1cc2c(c(C(F)(F)F)c1)C(=O)N1CCNC[C@@H]21. The molecule has 3 atom stereocenters. The van der Waals surface area contributed by atoms with Crippen LogP contribution in [0.1, 0.15) is 52.4 Å². The standard InChI is InChI=1S/C16H17F3N2O/c1-8-4-10(8)9-5-11-13-7-20-2-3-21(13)15(22)14(11)12(6-9)16(17,18)19/h5-6,8,10,13,20H,2-4,7H2,1H3/t8?,10-,13+/m1/s1. The van der Waals surface area contributed by atoms with Crippen molar-refractivity contribution in [2.24, 2.45) is 5.92 Å². The Kier molecular flexibility index (Phi) is 2.86. The topological polar surface area (TPSA) is 32.3 Å². The van der Waals surface area contributed by atoms with Gasteiger partial charge >= 0.3 is 6.18 Å². The highest BCUT2D eigenvalue weighted by molar-refractivity contribution is 6.01. The number of carbonyl (C=O) groups excluding carboxylic acids is 1. The van der Waals surface area contributed by atoms with Gasteiger partial charge in [0.1, 0.15) is 0 Å². The largest absolute Gasteiger partial charge is 0.417 e. The number of alkyl halides is 3. The van der Waals surface area contributed by atoms with Gasteiger partial charge in [0.05, 0.1) is 17.2 Å². The molecule has 118 valence electrons. The molecule has 0 bridgehead atoms. The summed E-state index contributed by atoms with van der Waals surface area (Å²) in [5.74, 6) is 0.160. The molecule has 1 aliphatic carbocycles. The van der Waals surface area contributed by atoms with Crippen LogP contribution in [0.25, 0.3) is 0 Å². The molecule has 1 saturated heterocycles. The molecule has 1 unspecified atom stereocenters. The van der Waals surface area contributed by atoms with Crippen LogP contribution in [0, 0.1) is 5.92 Å². The van der Waals surface area contributed by atoms with E-state index in [4.69, 9.17) is 0 Å². The lowest BCUT2D eigenvalue weighted by Crippen LogP contribution is -2.44. The summed E-state index contributed by atoms with van der Waals surface area (Å²) in [5.41, 5.74) is 0.414. The molecule has 0 radical (unpaired) electrons. The van der Waals surface area contributed by atoms with Crippen molar-refractivity contribution in [1.82, 2.24) is 10.2 Å². The van der Waals surface area contributed by atoms with Gasteiger partial charge in [-0.3, -0.25) is 4.79 Å². The van der Waals surface area contributed by atoms with Gasteiger partial charge in [0, 0.05) is 19.6 Å². The van der Waals surface area contributed by atoms with Crippen LogP contribution in [0.3, 0.4) is 0 Å². The Bertz CT molecular complexity index is 656. The fourth-order valence-electron chi connectivity index (χ4n) is 3.78. The van der Waals surface area contributed by atoms with Crippen LogP contribution in [-0.2, 0) is 6.18 Å². The maximum atomic E-state index is 13.5. The number of hydrogen-bond acceptors (Lipinski definition) is 2.